The summed E-state index contributed by atoms with van der Waals surface area (Å²) in [7, 11) is -3.74. The average Bonchev–Trinajstić information content (AvgIpc) is 3.05. The molecular weight excluding hydrogens is 351 g/mol. The van der Waals surface area contributed by atoms with Crippen LogP contribution in [0.1, 0.15) is 11.8 Å². The molecule has 1 aromatic heterocycles. The zero-order chi connectivity index (χ0) is 17.2. The van der Waals surface area contributed by atoms with Gasteiger partial charge in [-0.05, 0) is 30.7 Å². The molecule has 130 valence electrons. The third-order valence-electron chi connectivity index (χ3n) is 3.81. The monoisotopic (exact) mass is 370 g/mol. The number of rotatable bonds is 5. The fourth-order valence-corrected chi connectivity index (χ4v) is 4.92. The molecule has 2 aromatic rings. The van der Waals surface area contributed by atoms with Gasteiger partial charge in [0.1, 0.15) is 10.0 Å². The Hall–Kier alpha value is -1.64. The molecule has 0 bridgehead atoms. The molecule has 24 heavy (non-hydrogen) atoms. The fourth-order valence-electron chi connectivity index (χ4n) is 2.56. The second-order valence-corrected chi connectivity index (χ2v) is 8.52. The molecule has 0 unspecified atom stereocenters. The lowest BCUT2D eigenvalue weighted by Gasteiger charge is -2.30. The number of nitrogens with one attached hydrogen (secondary N) is 1. The van der Waals surface area contributed by atoms with Gasteiger partial charge in [-0.1, -0.05) is 6.92 Å². The summed E-state index contributed by atoms with van der Waals surface area (Å²) in [6.45, 7) is 4.38. The van der Waals surface area contributed by atoms with E-state index in [0.717, 1.165) is 11.3 Å². The van der Waals surface area contributed by atoms with E-state index in [-0.39, 0.29) is 9.90 Å². The quantitative estimate of drug-likeness (QED) is 0.879. The first-order valence-electron chi connectivity index (χ1n) is 7.73. The van der Waals surface area contributed by atoms with Crippen molar-refractivity contribution in [1.29, 1.82) is 0 Å². The van der Waals surface area contributed by atoms with E-state index in [1.165, 1.54) is 23.5 Å². The Labute approximate surface area is 145 Å². The van der Waals surface area contributed by atoms with Gasteiger partial charge in [0.2, 0.25) is 0 Å². The van der Waals surface area contributed by atoms with Crippen molar-refractivity contribution < 1.29 is 17.5 Å². The minimum Gasteiger partial charge on any atom is -0.378 e. The highest BCUT2D eigenvalue weighted by Crippen LogP contribution is 2.31. The third-order valence-corrected chi connectivity index (χ3v) is 6.89. The van der Waals surface area contributed by atoms with Gasteiger partial charge in [0.15, 0.2) is 0 Å². The topological polar surface area (TPSA) is 58.6 Å². The highest BCUT2D eigenvalue weighted by Gasteiger charge is 2.21. The number of morpholine rings is 1. The predicted octanol–water partition coefficient (Wildman–Crippen LogP) is 3.09. The molecule has 0 spiro atoms. The van der Waals surface area contributed by atoms with Crippen LogP contribution in [0.15, 0.2) is 34.5 Å². The summed E-state index contributed by atoms with van der Waals surface area (Å²) in [6, 6.07) is 7.54. The van der Waals surface area contributed by atoms with E-state index >= 15 is 0 Å². The van der Waals surface area contributed by atoms with Crippen molar-refractivity contribution in [3.63, 3.8) is 0 Å². The van der Waals surface area contributed by atoms with Crippen molar-refractivity contribution in [2.45, 2.75) is 17.6 Å². The number of benzene rings is 1. The zero-order valence-corrected chi connectivity index (χ0v) is 14.9. The number of anilines is 2. The summed E-state index contributed by atoms with van der Waals surface area (Å²) in [4.78, 5) is 2.98. The molecule has 1 aromatic carbocycles. The van der Waals surface area contributed by atoms with Crippen molar-refractivity contribution in [2.75, 3.05) is 35.9 Å². The Morgan fingerprint density at radius 1 is 1.25 bits per heavy atom. The van der Waals surface area contributed by atoms with E-state index < -0.39 is 15.8 Å². The molecule has 0 aliphatic carbocycles. The van der Waals surface area contributed by atoms with Crippen molar-refractivity contribution >= 4 is 32.7 Å². The molecule has 0 radical (unpaired) electrons. The highest BCUT2D eigenvalue weighted by atomic mass is 32.2. The van der Waals surface area contributed by atoms with Crippen LogP contribution in [0.3, 0.4) is 0 Å². The smallest absolute Gasteiger partial charge is 0.271 e. The van der Waals surface area contributed by atoms with Crippen molar-refractivity contribution in [3.8, 4) is 0 Å². The zero-order valence-electron chi connectivity index (χ0n) is 13.3. The van der Waals surface area contributed by atoms with E-state index in [2.05, 4.69) is 4.72 Å². The molecule has 5 nitrogen and oxygen atoms in total. The van der Waals surface area contributed by atoms with E-state index in [1.54, 1.807) is 18.2 Å². The van der Waals surface area contributed by atoms with Gasteiger partial charge < -0.3 is 9.64 Å². The molecule has 1 aliphatic rings. The standard InChI is InChI=1S/C16H19FN2O3S2/c1-2-13-4-6-16(23-13)24(20,21)18-14-11-12(17)3-5-15(14)19-7-9-22-10-8-19/h3-6,11,18H,2,7-10H2,1H3. The Balaban J connectivity index is 1.92. The van der Waals surface area contributed by atoms with Crippen LogP contribution in [0.2, 0.25) is 0 Å². The van der Waals surface area contributed by atoms with Crippen LogP contribution in [0.5, 0.6) is 0 Å². The second kappa shape index (κ2) is 7.08. The molecule has 8 heteroatoms. The number of sulfonamides is 1. The van der Waals surface area contributed by atoms with Gasteiger partial charge in [0.25, 0.3) is 10.0 Å². The maximum absolute atomic E-state index is 13.7. The van der Waals surface area contributed by atoms with Gasteiger partial charge in [-0.3, -0.25) is 4.72 Å². The number of aryl methyl sites for hydroxylation is 1. The van der Waals surface area contributed by atoms with Gasteiger partial charge >= 0.3 is 0 Å². The van der Waals surface area contributed by atoms with Crippen molar-refractivity contribution in [3.05, 3.63) is 41.0 Å². The molecule has 0 atom stereocenters. The Morgan fingerprint density at radius 3 is 2.67 bits per heavy atom. The normalized spacial score (nSPS) is 15.5. The maximum atomic E-state index is 13.7. The van der Waals surface area contributed by atoms with Gasteiger partial charge in [-0.2, -0.15) is 0 Å². The van der Waals surface area contributed by atoms with Crippen LogP contribution < -0.4 is 9.62 Å². The lowest BCUT2D eigenvalue weighted by Crippen LogP contribution is -2.36. The Kier molecular flexibility index (Phi) is 5.07. The summed E-state index contributed by atoms with van der Waals surface area (Å²) in [5.74, 6) is -0.481. The summed E-state index contributed by atoms with van der Waals surface area (Å²) < 4.78 is 47.0. The number of halogens is 1. The number of nitrogens with zero attached hydrogens (tertiary/aromatic N) is 1. The summed E-state index contributed by atoms with van der Waals surface area (Å²) >= 11 is 1.23. The van der Waals surface area contributed by atoms with E-state index in [4.69, 9.17) is 4.74 Å². The number of thiophene rings is 1. The molecule has 0 amide bonds. The number of ether oxygens (including phenoxy) is 1. The van der Waals surface area contributed by atoms with Gasteiger partial charge in [-0.15, -0.1) is 11.3 Å². The molecule has 2 heterocycles. The molecule has 1 saturated heterocycles. The minimum atomic E-state index is -3.74. The SMILES string of the molecule is CCc1ccc(S(=O)(=O)Nc2cc(F)ccc2N2CCOCC2)s1. The summed E-state index contributed by atoms with van der Waals surface area (Å²) in [5.41, 5.74) is 0.916. The van der Waals surface area contributed by atoms with Crippen LogP contribution >= 0.6 is 11.3 Å². The second-order valence-electron chi connectivity index (χ2n) is 5.44. The first-order chi connectivity index (χ1) is 11.5. The fraction of sp³-hybridized carbons (Fsp3) is 0.375. The molecule has 1 aliphatic heterocycles. The van der Waals surface area contributed by atoms with E-state index in [1.807, 2.05) is 11.8 Å². The summed E-state index contributed by atoms with van der Waals surface area (Å²) in [6.07, 6.45) is 0.777. The Morgan fingerprint density at radius 2 is 2.00 bits per heavy atom. The molecule has 0 saturated carbocycles. The van der Waals surface area contributed by atoms with Crippen molar-refractivity contribution in [1.82, 2.24) is 0 Å². The molecular formula is C16H19FN2O3S2. The summed E-state index contributed by atoms with van der Waals surface area (Å²) in [5, 5.41) is 0. The molecule has 3 rings (SSSR count). The Bertz CT molecular complexity index is 814. The van der Waals surface area contributed by atoms with Gasteiger partial charge in [0.05, 0.1) is 24.6 Å². The van der Waals surface area contributed by atoms with Crippen LogP contribution in [0.25, 0.3) is 0 Å². The van der Waals surface area contributed by atoms with Gasteiger partial charge in [0, 0.05) is 24.0 Å². The lowest BCUT2D eigenvalue weighted by molar-refractivity contribution is 0.123. The van der Waals surface area contributed by atoms with Crippen LogP contribution in [0, 0.1) is 5.82 Å². The molecule has 1 N–H and O–H groups in total. The first-order valence-corrected chi connectivity index (χ1v) is 10.0. The largest absolute Gasteiger partial charge is 0.378 e. The maximum Gasteiger partial charge on any atom is 0.271 e. The first kappa shape index (κ1) is 17.2. The van der Waals surface area contributed by atoms with Crippen molar-refractivity contribution in [2.24, 2.45) is 0 Å². The number of hydrogen-bond donors (Lipinski definition) is 1. The predicted molar refractivity (Wildman–Crippen MR) is 93.9 cm³/mol. The van der Waals surface area contributed by atoms with E-state index in [9.17, 15) is 12.8 Å². The third kappa shape index (κ3) is 3.71. The van der Waals surface area contributed by atoms with Crippen LogP contribution in [0.4, 0.5) is 15.8 Å². The van der Waals surface area contributed by atoms with Gasteiger partial charge in [-0.25, -0.2) is 12.8 Å². The van der Waals surface area contributed by atoms with Crippen LogP contribution in [-0.4, -0.2) is 34.7 Å². The van der Waals surface area contributed by atoms with Crippen LogP contribution in [-0.2, 0) is 21.2 Å². The van der Waals surface area contributed by atoms with E-state index in [0.29, 0.717) is 32.0 Å². The average molecular weight is 370 g/mol. The highest BCUT2D eigenvalue weighted by molar-refractivity contribution is 7.94. The lowest BCUT2D eigenvalue weighted by atomic mass is 10.2. The minimum absolute atomic E-state index is 0.233. The number of hydrogen-bond acceptors (Lipinski definition) is 5. The molecule has 1 fully saturated rings.